The Morgan fingerprint density at radius 1 is 1.14 bits per heavy atom. The standard InChI is InChI=1S/C28H32ClF3N4O2.C2H6.CHN/c29-26-9-6-23(15-22(26)16-28(30,31)32)34-27(38)36(13-12-35-11-10-25(37)18-35)24-7-4-20(5-8-24)21-3-1-2-19(14-21)17-33;2*1-2/h1-3,6,9,14-15,20,24-25,37H,4-5,7-8,10-13,16,18H2,(H,34,38);1-2H3;1H. The number of nitriles is 2. The SMILES string of the molecule is C#N.CC.N#Cc1cccc(C2CCC(N(CCN3CCC(O)C3)C(=O)Nc3ccc(Cl)c(CC(F)(F)F)c3)CC2)c1. The van der Waals surface area contributed by atoms with E-state index < -0.39 is 12.6 Å². The van der Waals surface area contributed by atoms with Crippen molar-refractivity contribution >= 4 is 23.3 Å². The van der Waals surface area contributed by atoms with Crippen molar-refractivity contribution in [2.24, 2.45) is 0 Å². The summed E-state index contributed by atoms with van der Waals surface area (Å²) < 4.78 is 38.9. The molecule has 1 saturated carbocycles. The molecule has 0 aromatic heterocycles. The molecule has 0 spiro atoms. The second kappa shape index (κ2) is 17.0. The minimum Gasteiger partial charge on any atom is -0.392 e. The Kier molecular flexibility index (Phi) is 14.1. The number of urea groups is 1. The number of anilines is 1. The number of aliphatic hydroxyl groups excluding tert-OH is 1. The Hall–Kier alpha value is -3.31. The monoisotopic (exact) mass is 605 g/mol. The van der Waals surface area contributed by atoms with E-state index >= 15 is 0 Å². The smallest absolute Gasteiger partial charge is 0.392 e. The zero-order valence-electron chi connectivity index (χ0n) is 24.1. The van der Waals surface area contributed by atoms with E-state index in [9.17, 15) is 28.3 Å². The van der Waals surface area contributed by atoms with Crippen LogP contribution in [0, 0.1) is 23.2 Å². The highest BCUT2D eigenvalue weighted by Crippen LogP contribution is 2.35. The molecule has 2 aromatic carbocycles. The maximum absolute atomic E-state index is 13.5. The van der Waals surface area contributed by atoms with Gasteiger partial charge in [-0.15, -0.1) is 0 Å². The van der Waals surface area contributed by atoms with Gasteiger partial charge in [0.15, 0.2) is 0 Å². The number of rotatable bonds is 7. The molecule has 1 atom stereocenters. The first kappa shape index (κ1) is 34.9. The lowest BCUT2D eigenvalue weighted by Crippen LogP contribution is -2.47. The van der Waals surface area contributed by atoms with Crippen molar-refractivity contribution in [2.75, 3.05) is 31.5 Å². The summed E-state index contributed by atoms with van der Waals surface area (Å²) in [4.78, 5) is 17.4. The topological polar surface area (TPSA) is 103 Å². The van der Waals surface area contributed by atoms with Gasteiger partial charge in [-0.25, -0.2) is 10.1 Å². The van der Waals surface area contributed by atoms with Gasteiger partial charge in [-0.05, 0) is 79.5 Å². The predicted molar refractivity (Wildman–Crippen MR) is 158 cm³/mol. The summed E-state index contributed by atoms with van der Waals surface area (Å²) in [6, 6.07) is 13.6. The Balaban J connectivity index is 0.00000148. The number of hydrogen-bond donors (Lipinski definition) is 2. The van der Waals surface area contributed by atoms with Crippen molar-refractivity contribution < 1.29 is 23.1 Å². The van der Waals surface area contributed by atoms with Gasteiger partial charge in [-0.1, -0.05) is 37.6 Å². The van der Waals surface area contributed by atoms with E-state index in [1.165, 1.54) is 18.2 Å². The number of benzene rings is 2. The number of likely N-dealkylation sites (tertiary alicyclic amines) is 1. The number of aliphatic hydroxyl groups is 1. The minimum absolute atomic E-state index is 0.00330. The van der Waals surface area contributed by atoms with E-state index in [4.69, 9.17) is 16.9 Å². The summed E-state index contributed by atoms with van der Waals surface area (Å²) >= 11 is 5.97. The van der Waals surface area contributed by atoms with Gasteiger partial charge in [0.05, 0.1) is 24.2 Å². The molecule has 2 fully saturated rings. The van der Waals surface area contributed by atoms with Gasteiger partial charge in [0.2, 0.25) is 0 Å². The van der Waals surface area contributed by atoms with Crippen molar-refractivity contribution in [2.45, 2.75) is 76.6 Å². The summed E-state index contributed by atoms with van der Waals surface area (Å²) in [5, 5.41) is 28.4. The molecule has 42 heavy (non-hydrogen) atoms. The Morgan fingerprint density at radius 3 is 2.43 bits per heavy atom. The molecule has 228 valence electrons. The molecule has 2 amide bonds. The van der Waals surface area contributed by atoms with E-state index in [-0.39, 0.29) is 34.5 Å². The van der Waals surface area contributed by atoms with E-state index in [0.717, 1.165) is 37.8 Å². The van der Waals surface area contributed by atoms with Crippen molar-refractivity contribution in [3.8, 4) is 12.6 Å². The van der Waals surface area contributed by atoms with Crippen molar-refractivity contribution in [3.05, 3.63) is 64.2 Å². The maximum atomic E-state index is 13.5. The molecule has 1 aliphatic heterocycles. The first-order chi connectivity index (χ1) is 20.1. The number of nitrogens with zero attached hydrogens (tertiary/aromatic N) is 4. The first-order valence-corrected chi connectivity index (χ1v) is 14.6. The Morgan fingerprint density at radius 2 is 1.83 bits per heavy atom. The highest BCUT2D eigenvalue weighted by molar-refractivity contribution is 6.31. The van der Waals surface area contributed by atoms with Gasteiger partial charge in [0.25, 0.3) is 0 Å². The van der Waals surface area contributed by atoms with Crippen LogP contribution in [0.1, 0.15) is 68.6 Å². The molecule has 1 aliphatic carbocycles. The second-order valence-electron chi connectivity index (χ2n) is 10.2. The molecule has 7 nitrogen and oxygen atoms in total. The van der Waals surface area contributed by atoms with Crippen LogP contribution in [0.5, 0.6) is 0 Å². The molecule has 4 rings (SSSR count). The van der Waals surface area contributed by atoms with Gasteiger partial charge in [-0.2, -0.15) is 18.4 Å². The largest absolute Gasteiger partial charge is 0.393 e. The molecule has 2 aliphatic rings. The van der Waals surface area contributed by atoms with E-state index in [1.807, 2.05) is 32.0 Å². The number of amides is 2. The number of β-amino-alcohol motifs (C(OH)–C–C–N with tert-alkyl or cyclic N) is 1. The molecular formula is C31H39ClF3N5O2. The molecule has 1 saturated heterocycles. The van der Waals surface area contributed by atoms with Gasteiger partial charge in [0, 0.05) is 49.5 Å². The fourth-order valence-corrected chi connectivity index (χ4v) is 5.68. The molecule has 0 radical (unpaired) electrons. The highest BCUT2D eigenvalue weighted by Gasteiger charge is 2.32. The number of halogens is 4. The number of carbonyl (C=O) groups is 1. The zero-order valence-corrected chi connectivity index (χ0v) is 24.8. The second-order valence-corrected chi connectivity index (χ2v) is 10.6. The summed E-state index contributed by atoms with van der Waals surface area (Å²) in [7, 11) is 0. The van der Waals surface area contributed by atoms with Crippen LogP contribution in [0.3, 0.4) is 0 Å². The van der Waals surface area contributed by atoms with Gasteiger partial charge in [-0.3, -0.25) is 4.90 Å². The van der Waals surface area contributed by atoms with Crippen LogP contribution < -0.4 is 5.32 Å². The predicted octanol–water partition coefficient (Wildman–Crippen LogP) is 7.11. The maximum Gasteiger partial charge on any atom is 0.393 e. The Bertz CT molecular complexity index is 1210. The number of alkyl halides is 3. The van der Waals surface area contributed by atoms with Crippen molar-refractivity contribution in [3.63, 3.8) is 0 Å². The number of carbonyl (C=O) groups excluding carboxylic acids is 1. The normalized spacial score (nSPS) is 20.2. The lowest BCUT2D eigenvalue weighted by Gasteiger charge is -2.38. The third-order valence-corrected chi connectivity index (χ3v) is 7.85. The molecule has 0 bridgehead atoms. The Labute approximate surface area is 251 Å². The van der Waals surface area contributed by atoms with Gasteiger partial charge < -0.3 is 15.3 Å². The van der Waals surface area contributed by atoms with Crippen molar-refractivity contribution in [1.29, 1.82) is 10.5 Å². The lowest BCUT2D eigenvalue weighted by atomic mass is 9.81. The van der Waals surface area contributed by atoms with Crippen LogP contribution in [-0.4, -0.2) is 65.4 Å². The lowest BCUT2D eigenvalue weighted by molar-refractivity contribution is -0.127. The highest BCUT2D eigenvalue weighted by atomic mass is 35.5. The fraction of sp³-hybridized carbons (Fsp3) is 0.516. The van der Waals surface area contributed by atoms with Crippen LogP contribution in [0.4, 0.5) is 23.7 Å². The molecule has 1 heterocycles. The minimum atomic E-state index is -4.41. The summed E-state index contributed by atoms with van der Waals surface area (Å²) in [6.07, 6.45) is -1.97. The summed E-state index contributed by atoms with van der Waals surface area (Å²) in [5.41, 5.74) is 1.94. The van der Waals surface area contributed by atoms with E-state index in [1.54, 1.807) is 11.0 Å². The van der Waals surface area contributed by atoms with Crippen LogP contribution >= 0.6 is 11.6 Å². The molecular weight excluding hydrogens is 567 g/mol. The third kappa shape index (κ3) is 10.5. The summed E-state index contributed by atoms with van der Waals surface area (Å²) in [5.74, 6) is 0.305. The molecule has 11 heteroatoms. The number of nitrogens with one attached hydrogen (secondary N) is 1. The number of hydrogen-bond acceptors (Lipinski definition) is 5. The van der Waals surface area contributed by atoms with Gasteiger partial charge in [0.1, 0.15) is 0 Å². The average Bonchev–Trinajstić information content (AvgIpc) is 3.41. The van der Waals surface area contributed by atoms with E-state index in [2.05, 4.69) is 22.9 Å². The van der Waals surface area contributed by atoms with Crippen LogP contribution in [0.2, 0.25) is 5.02 Å². The van der Waals surface area contributed by atoms with Crippen LogP contribution in [0.25, 0.3) is 0 Å². The van der Waals surface area contributed by atoms with E-state index in [0.29, 0.717) is 37.5 Å². The molecule has 1 unspecified atom stereocenters. The average molecular weight is 606 g/mol. The fourth-order valence-electron chi connectivity index (χ4n) is 5.50. The molecule has 2 N–H and O–H groups in total. The summed E-state index contributed by atoms with van der Waals surface area (Å²) in [6.45, 7) is 9.88. The third-order valence-electron chi connectivity index (χ3n) is 7.48. The van der Waals surface area contributed by atoms with Gasteiger partial charge >= 0.3 is 12.2 Å². The molecule has 2 aromatic rings. The van der Waals surface area contributed by atoms with Crippen molar-refractivity contribution in [1.82, 2.24) is 9.80 Å². The zero-order chi connectivity index (χ0) is 31.3. The first-order valence-electron chi connectivity index (χ1n) is 14.2. The van der Waals surface area contributed by atoms with Crippen LogP contribution in [0.15, 0.2) is 42.5 Å². The quantitative estimate of drug-likeness (QED) is 0.350. The van der Waals surface area contributed by atoms with Crippen LogP contribution in [-0.2, 0) is 6.42 Å².